The van der Waals surface area contributed by atoms with Crippen LogP contribution >= 0.6 is 0 Å². The second-order valence-corrected chi connectivity index (χ2v) is 4.04. The molecule has 1 fully saturated rings. The van der Waals surface area contributed by atoms with Crippen molar-refractivity contribution >= 4 is 6.08 Å². The molecule has 0 bridgehead atoms. The second kappa shape index (κ2) is 5.62. The molecule has 4 heteroatoms. The molecule has 1 aromatic rings. The predicted molar refractivity (Wildman–Crippen MR) is 63.0 cm³/mol. The quantitative estimate of drug-likeness (QED) is 0.590. The van der Waals surface area contributed by atoms with E-state index in [0.717, 1.165) is 30.9 Å². The van der Waals surface area contributed by atoms with Gasteiger partial charge in [-0.3, -0.25) is 0 Å². The topological polar surface area (TPSA) is 47.9 Å². The van der Waals surface area contributed by atoms with Gasteiger partial charge in [0.2, 0.25) is 6.08 Å². The molecule has 90 valence electrons. The minimum Gasteiger partial charge on any atom is -0.496 e. The Bertz CT molecular complexity index is 432. The Morgan fingerprint density at radius 2 is 2.47 bits per heavy atom. The molecule has 0 aliphatic carbocycles. The zero-order chi connectivity index (χ0) is 12.1. The van der Waals surface area contributed by atoms with Crippen molar-refractivity contribution in [3.63, 3.8) is 0 Å². The van der Waals surface area contributed by atoms with Gasteiger partial charge >= 0.3 is 0 Å². The lowest BCUT2D eigenvalue weighted by Crippen LogP contribution is -2.00. The molecule has 1 heterocycles. The Kier molecular flexibility index (Phi) is 3.91. The van der Waals surface area contributed by atoms with Crippen molar-refractivity contribution in [1.82, 2.24) is 0 Å². The average Bonchev–Trinajstić information content (AvgIpc) is 2.89. The Morgan fingerprint density at radius 1 is 1.59 bits per heavy atom. The van der Waals surface area contributed by atoms with Crippen LogP contribution in [0, 0.1) is 0 Å². The number of methoxy groups -OCH3 is 1. The molecule has 0 aromatic heterocycles. The van der Waals surface area contributed by atoms with Crippen LogP contribution in [-0.4, -0.2) is 26.4 Å². The van der Waals surface area contributed by atoms with Crippen LogP contribution in [0.2, 0.25) is 0 Å². The molecule has 0 spiro atoms. The number of hydrogen-bond acceptors (Lipinski definition) is 4. The first-order valence-electron chi connectivity index (χ1n) is 5.63. The number of ether oxygens (including phenoxy) is 2. The molecule has 1 saturated heterocycles. The predicted octanol–water partition coefficient (Wildman–Crippen LogP) is 2.03. The van der Waals surface area contributed by atoms with Gasteiger partial charge in [-0.05, 0) is 24.1 Å². The Balaban J connectivity index is 2.26. The van der Waals surface area contributed by atoms with Gasteiger partial charge in [0.25, 0.3) is 0 Å². The fourth-order valence-corrected chi connectivity index (χ4v) is 2.09. The summed E-state index contributed by atoms with van der Waals surface area (Å²) in [4.78, 5) is 13.8. The van der Waals surface area contributed by atoms with Crippen molar-refractivity contribution in [1.29, 1.82) is 0 Å². The van der Waals surface area contributed by atoms with E-state index in [1.807, 2.05) is 18.2 Å². The normalized spacial score (nSPS) is 18.8. The fourth-order valence-electron chi connectivity index (χ4n) is 2.09. The van der Waals surface area contributed by atoms with Gasteiger partial charge in [-0.2, -0.15) is 0 Å². The van der Waals surface area contributed by atoms with Gasteiger partial charge in [0, 0.05) is 18.1 Å². The summed E-state index contributed by atoms with van der Waals surface area (Å²) < 4.78 is 10.6. The van der Waals surface area contributed by atoms with Gasteiger partial charge < -0.3 is 9.47 Å². The average molecular weight is 233 g/mol. The van der Waals surface area contributed by atoms with Gasteiger partial charge in [-0.1, -0.05) is 6.07 Å². The molecule has 1 aliphatic rings. The van der Waals surface area contributed by atoms with Gasteiger partial charge in [0.05, 0.1) is 20.3 Å². The van der Waals surface area contributed by atoms with E-state index in [1.165, 1.54) is 5.56 Å². The lowest BCUT2D eigenvalue weighted by atomic mass is 9.96. The van der Waals surface area contributed by atoms with E-state index in [9.17, 15) is 4.79 Å². The first kappa shape index (κ1) is 11.8. The van der Waals surface area contributed by atoms with Crippen LogP contribution in [0.3, 0.4) is 0 Å². The highest BCUT2D eigenvalue weighted by Crippen LogP contribution is 2.29. The lowest BCUT2D eigenvalue weighted by Gasteiger charge is -2.12. The first-order valence-corrected chi connectivity index (χ1v) is 5.63. The van der Waals surface area contributed by atoms with Crippen molar-refractivity contribution in [3.05, 3.63) is 29.3 Å². The second-order valence-electron chi connectivity index (χ2n) is 4.04. The van der Waals surface area contributed by atoms with Crippen molar-refractivity contribution in [2.45, 2.75) is 18.9 Å². The van der Waals surface area contributed by atoms with E-state index in [4.69, 9.17) is 9.47 Å². The Labute approximate surface area is 100 Å². The zero-order valence-electron chi connectivity index (χ0n) is 9.81. The fraction of sp³-hybridized carbons (Fsp3) is 0.462. The standard InChI is InChI=1S/C13H15NO3/c1-16-13-3-2-10(11-4-5-17-8-11)6-12(13)7-14-9-15/h2-3,6,11H,4-5,7-8H2,1H3. The molecule has 17 heavy (non-hydrogen) atoms. The number of carbonyl (C=O) groups excluding carboxylic acids is 1. The van der Waals surface area contributed by atoms with Crippen LogP contribution in [0.25, 0.3) is 0 Å². The summed E-state index contributed by atoms with van der Waals surface area (Å²) in [7, 11) is 1.61. The molecular formula is C13H15NO3. The van der Waals surface area contributed by atoms with Gasteiger partial charge in [0.1, 0.15) is 5.75 Å². The highest BCUT2D eigenvalue weighted by atomic mass is 16.5. The molecule has 0 N–H and O–H groups in total. The van der Waals surface area contributed by atoms with E-state index < -0.39 is 0 Å². The smallest absolute Gasteiger partial charge is 0.235 e. The Hall–Kier alpha value is -1.64. The minimum absolute atomic E-state index is 0.314. The Morgan fingerprint density at radius 3 is 3.12 bits per heavy atom. The number of rotatable bonds is 4. The highest BCUT2D eigenvalue weighted by Gasteiger charge is 2.18. The van der Waals surface area contributed by atoms with E-state index in [2.05, 4.69) is 4.99 Å². The third-order valence-corrected chi connectivity index (χ3v) is 3.02. The van der Waals surface area contributed by atoms with Crippen LogP contribution in [0.4, 0.5) is 0 Å². The maximum atomic E-state index is 10.2. The molecule has 0 amide bonds. The summed E-state index contributed by atoms with van der Waals surface area (Å²) in [5.74, 6) is 1.20. The number of aliphatic imine (C=N–C) groups is 1. The number of benzene rings is 1. The van der Waals surface area contributed by atoms with Gasteiger partial charge in [0.15, 0.2) is 0 Å². The van der Waals surface area contributed by atoms with Crippen LogP contribution in [0.15, 0.2) is 23.2 Å². The lowest BCUT2D eigenvalue weighted by molar-refractivity contribution is 0.194. The van der Waals surface area contributed by atoms with Crippen molar-refractivity contribution in [2.24, 2.45) is 4.99 Å². The summed E-state index contributed by atoms with van der Waals surface area (Å²) in [5, 5.41) is 0. The van der Waals surface area contributed by atoms with Crippen molar-refractivity contribution < 1.29 is 14.3 Å². The summed E-state index contributed by atoms with van der Waals surface area (Å²) in [6, 6.07) is 6.01. The van der Waals surface area contributed by atoms with Gasteiger partial charge in [-0.25, -0.2) is 9.79 Å². The third kappa shape index (κ3) is 2.73. The molecule has 1 unspecified atom stereocenters. The maximum absolute atomic E-state index is 10.2. The maximum Gasteiger partial charge on any atom is 0.235 e. The zero-order valence-corrected chi connectivity index (χ0v) is 9.81. The largest absolute Gasteiger partial charge is 0.496 e. The summed E-state index contributed by atoms with van der Waals surface area (Å²) in [6.07, 6.45) is 2.60. The molecule has 1 atom stereocenters. The summed E-state index contributed by atoms with van der Waals surface area (Å²) in [6.45, 7) is 1.90. The van der Waals surface area contributed by atoms with E-state index >= 15 is 0 Å². The van der Waals surface area contributed by atoms with Crippen LogP contribution in [-0.2, 0) is 16.1 Å². The van der Waals surface area contributed by atoms with Crippen molar-refractivity contribution in [3.8, 4) is 5.75 Å². The van der Waals surface area contributed by atoms with E-state index in [0.29, 0.717) is 12.5 Å². The van der Waals surface area contributed by atoms with Crippen LogP contribution in [0.5, 0.6) is 5.75 Å². The molecule has 4 nitrogen and oxygen atoms in total. The molecular weight excluding hydrogens is 218 g/mol. The monoisotopic (exact) mass is 233 g/mol. The van der Waals surface area contributed by atoms with Crippen LogP contribution in [0.1, 0.15) is 23.5 Å². The first-order chi connectivity index (χ1) is 8.35. The molecule has 2 rings (SSSR count). The number of isocyanates is 1. The highest BCUT2D eigenvalue weighted by molar-refractivity contribution is 5.41. The van der Waals surface area contributed by atoms with E-state index in [1.54, 1.807) is 13.2 Å². The van der Waals surface area contributed by atoms with Gasteiger partial charge in [-0.15, -0.1) is 0 Å². The SMILES string of the molecule is COc1ccc(C2CCOC2)cc1CN=C=O. The number of nitrogens with zero attached hydrogens (tertiary/aromatic N) is 1. The minimum atomic E-state index is 0.314. The molecule has 0 radical (unpaired) electrons. The summed E-state index contributed by atoms with van der Waals surface area (Å²) in [5.41, 5.74) is 2.14. The molecule has 1 aliphatic heterocycles. The van der Waals surface area contributed by atoms with Crippen LogP contribution < -0.4 is 4.74 Å². The molecule has 1 aromatic carbocycles. The third-order valence-electron chi connectivity index (χ3n) is 3.02. The number of hydrogen-bond donors (Lipinski definition) is 0. The summed E-state index contributed by atoms with van der Waals surface area (Å²) >= 11 is 0. The van der Waals surface area contributed by atoms with E-state index in [-0.39, 0.29) is 0 Å². The van der Waals surface area contributed by atoms with Crippen molar-refractivity contribution in [2.75, 3.05) is 20.3 Å². The molecule has 0 saturated carbocycles.